The van der Waals surface area contributed by atoms with Gasteiger partial charge in [0.1, 0.15) is 0 Å². The first-order valence-electron chi connectivity index (χ1n) is 4.61. The average Bonchev–Trinajstić information content (AvgIpc) is 2.81. The largest absolute Gasteiger partial charge is 0.399 e. The van der Waals surface area contributed by atoms with Crippen LogP contribution in [0, 0.1) is 12.8 Å². The molecule has 1 nitrogen and oxygen atoms in total. The normalized spacial score (nSPS) is 16.4. The summed E-state index contributed by atoms with van der Waals surface area (Å²) in [7, 11) is 0. The quantitative estimate of drug-likeness (QED) is 0.663. The van der Waals surface area contributed by atoms with Crippen molar-refractivity contribution in [1.29, 1.82) is 0 Å². The fourth-order valence-corrected chi connectivity index (χ4v) is 1.47. The van der Waals surface area contributed by atoms with E-state index in [1.54, 1.807) is 0 Å². The van der Waals surface area contributed by atoms with E-state index in [1.165, 1.54) is 30.4 Å². The molecule has 64 valence electrons. The van der Waals surface area contributed by atoms with Gasteiger partial charge in [0.15, 0.2) is 0 Å². The van der Waals surface area contributed by atoms with Gasteiger partial charge in [0.2, 0.25) is 0 Å². The van der Waals surface area contributed by atoms with Gasteiger partial charge in [-0.3, -0.25) is 0 Å². The van der Waals surface area contributed by atoms with Crippen molar-refractivity contribution in [3.63, 3.8) is 0 Å². The summed E-state index contributed by atoms with van der Waals surface area (Å²) in [6.45, 7) is 2.05. The van der Waals surface area contributed by atoms with E-state index in [0.717, 1.165) is 11.6 Å². The Kier molecular flexibility index (Phi) is 1.80. The van der Waals surface area contributed by atoms with Gasteiger partial charge < -0.3 is 5.73 Å². The molecule has 0 unspecified atom stereocenters. The molecule has 12 heavy (non-hydrogen) atoms. The number of nitrogens with two attached hydrogens (primary N) is 1. The third-order valence-electron chi connectivity index (χ3n) is 2.56. The number of hydrogen-bond donors (Lipinski definition) is 1. The van der Waals surface area contributed by atoms with Gasteiger partial charge in [0, 0.05) is 5.69 Å². The molecule has 0 spiro atoms. The molecule has 0 heterocycles. The van der Waals surface area contributed by atoms with Gasteiger partial charge in [-0.1, -0.05) is 12.1 Å². The van der Waals surface area contributed by atoms with Gasteiger partial charge >= 0.3 is 0 Å². The molecule has 0 amide bonds. The maximum atomic E-state index is 5.82. The standard InChI is InChI=1S/C11H15N/c1-8-2-3-10(7-11(8)12)6-9-4-5-9/h2-3,7,9H,4-6,12H2,1H3. The average molecular weight is 161 g/mol. The summed E-state index contributed by atoms with van der Waals surface area (Å²) < 4.78 is 0. The van der Waals surface area contributed by atoms with Gasteiger partial charge in [0.05, 0.1) is 0 Å². The van der Waals surface area contributed by atoms with E-state index < -0.39 is 0 Å². The zero-order valence-corrected chi connectivity index (χ0v) is 7.51. The van der Waals surface area contributed by atoms with E-state index in [0.29, 0.717) is 0 Å². The molecule has 0 atom stereocenters. The molecule has 0 bridgehead atoms. The molecule has 0 aromatic heterocycles. The first kappa shape index (κ1) is 7.66. The van der Waals surface area contributed by atoms with Crippen molar-refractivity contribution in [2.45, 2.75) is 26.2 Å². The molecule has 0 aliphatic heterocycles. The minimum atomic E-state index is 0.938. The van der Waals surface area contributed by atoms with E-state index in [9.17, 15) is 0 Å². The maximum absolute atomic E-state index is 5.82. The van der Waals surface area contributed by atoms with E-state index in [1.807, 2.05) is 0 Å². The Morgan fingerprint density at radius 1 is 1.42 bits per heavy atom. The van der Waals surface area contributed by atoms with Gasteiger partial charge in [-0.2, -0.15) is 0 Å². The summed E-state index contributed by atoms with van der Waals surface area (Å²) in [6, 6.07) is 6.44. The van der Waals surface area contributed by atoms with Gasteiger partial charge in [-0.25, -0.2) is 0 Å². The molecule has 1 aliphatic carbocycles. The molecule has 1 aromatic rings. The lowest BCUT2D eigenvalue weighted by atomic mass is 10.1. The number of benzene rings is 1. The molecule has 2 N–H and O–H groups in total. The lowest BCUT2D eigenvalue weighted by Crippen LogP contribution is -1.93. The van der Waals surface area contributed by atoms with Crippen LogP contribution >= 0.6 is 0 Å². The summed E-state index contributed by atoms with van der Waals surface area (Å²) in [4.78, 5) is 0. The van der Waals surface area contributed by atoms with Gasteiger partial charge in [-0.05, 0) is 49.3 Å². The summed E-state index contributed by atoms with van der Waals surface area (Å²) >= 11 is 0. The topological polar surface area (TPSA) is 26.0 Å². The molecule has 1 aromatic carbocycles. The molecule has 0 radical (unpaired) electrons. The molecular weight excluding hydrogens is 146 g/mol. The minimum absolute atomic E-state index is 0.938. The summed E-state index contributed by atoms with van der Waals surface area (Å²) in [5.41, 5.74) is 9.35. The molecule has 1 fully saturated rings. The second-order valence-electron chi connectivity index (χ2n) is 3.84. The minimum Gasteiger partial charge on any atom is -0.399 e. The fraction of sp³-hybridized carbons (Fsp3) is 0.455. The van der Waals surface area contributed by atoms with Crippen LogP contribution in [0.15, 0.2) is 18.2 Å². The Morgan fingerprint density at radius 2 is 2.17 bits per heavy atom. The van der Waals surface area contributed by atoms with Crippen LogP contribution in [-0.2, 0) is 6.42 Å². The van der Waals surface area contributed by atoms with Crippen LogP contribution in [0.2, 0.25) is 0 Å². The predicted molar refractivity (Wildman–Crippen MR) is 52.0 cm³/mol. The zero-order chi connectivity index (χ0) is 8.55. The van der Waals surface area contributed by atoms with Crippen LogP contribution in [0.1, 0.15) is 24.0 Å². The smallest absolute Gasteiger partial charge is 0.0346 e. The van der Waals surface area contributed by atoms with E-state index in [4.69, 9.17) is 5.73 Å². The first-order valence-corrected chi connectivity index (χ1v) is 4.61. The second-order valence-corrected chi connectivity index (χ2v) is 3.84. The predicted octanol–water partition coefficient (Wildman–Crippen LogP) is 2.53. The number of anilines is 1. The van der Waals surface area contributed by atoms with E-state index in [-0.39, 0.29) is 0 Å². The Balaban J connectivity index is 2.15. The third kappa shape index (κ3) is 1.60. The third-order valence-corrected chi connectivity index (χ3v) is 2.56. The number of hydrogen-bond acceptors (Lipinski definition) is 1. The highest BCUT2D eigenvalue weighted by atomic mass is 14.6. The van der Waals surface area contributed by atoms with Crippen LogP contribution in [0.4, 0.5) is 5.69 Å². The second kappa shape index (κ2) is 2.81. The molecule has 2 rings (SSSR count). The lowest BCUT2D eigenvalue weighted by molar-refractivity contribution is 0.832. The van der Waals surface area contributed by atoms with Crippen LogP contribution in [0.5, 0.6) is 0 Å². The molecule has 1 saturated carbocycles. The number of aryl methyl sites for hydroxylation is 1. The van der Waals surface area contributed by atoms with Crippen molar-refractivity contribution in [1.82, 2.24) is 0 Å². The number of nitrogen functional groups attached to an aromatic ring is 1. The van der Waals surface area contributed by atoms with Crippen molar-refractivity contribution in [2.75, 3.05) is 5.73 Å². The monoisotopic (exact) mass is 161 g/mol. The molecular formula is C11H15N. The summed E-state index contributed by atoms with van der Waals surface area (Å²) in [5, 5.41) is 0. The van der Waals surface area contributed by atoms with Crippen molar-refractivity contribution >= 4 is 5.69 Å². The highest BCUT2D eigenvalue weighted by Crippen LogP contribution is 2.33. The number of rotatable bonds is 2. The van der Waals surface area contributed by atoms with Gasteiger partial charge in [0.25, 0.3) is 0 Å². The van der Waals surface area contributed by atoms with Gasteiger partial charge in [-0.15, -0.1) is 0 Å². The highest BCUT2D eigenvalue weighted by molar-refractivity contribution is 5.48. The van der Waals surface area contributed by atoms with E-state index >= 15 is 0 Å². The molecule has 0 saturated heterocycles. The SMILES string of the molecule is Cc1ccc(CC2CC2)cc1N. The molecule has 1 heteroatoms. The van der Waals surface area contributed by atoms with Crippen LogP contribution in [-0.4, -0.2) is 0 Å². The Labute approximate surface area is 73.6 Å². The van der Waals surface area contributed by atoms with Crippen LogP contribution < -0.4 is 5.73 Å². The van der Waals surface area contributed by atoms with Crippen molar-refractivity contribution in [2.24, 2.45) is 5.92 Å². The Bertz CT molecular complexity index is 287. The van der Waals surface area contributed by atoms with Crippen molar-refractivity contribution in [3.05, 3.63) is 29.3 Å². The van der Waals surface area contributed by atoms with Crippen LogP contribution in [0.3, 0.4) is 0 Å². The first-order chi connectivity index (χ1) is 5.75. The Morgan fingerprint density at radius 3 is 2.75 bits per heavy atom. The van der Waals surface area contributed by atoms with E-state index in [2.05, 4.69) is 25.1 Å². The zero-order valence-electron chi connectivity index (χ0n) is 7.51. The summed E-state index contributed by atoms with van der Waals surface area (Å²) in [6.07, 6.45) is 4.05. The lowest BCUT2D eigenvalue weighted by Gasteiger charge is -2.03. The Hall–Kier alpha value is -0.980. The molecule has 1 aliphatic rings. The van der Waals surface area contributed by atoms with Crippen molar-refractivity contribution < 1.29 is 0 Å². The fourth-order valence-electron chi connectivity index (χ4n) is 1.47. The summed E-state index contributed by atoms with van der Waals surface area (Å²) in [5.74, 6) is 0.951. The maximum Gasteiger partial charge on any atom is 0.0346 e. The van der Waals surface area contributed by atoms with Crippen molar-refractivity contribution in [3.8, 4) is 0 Å². The van der Waals surface area contributed by atoms with Crippen LogP contribution in [0.25, 0.3) is 0 Å². The highest BCUT2D eigenvalue weighted by Gasteiger charge is 2.21.